The molecule has 5 N–H and O–H groups in total. The average Bonchev–Trinajstić information content (AvgIpc) is 2.07. The van der Waals surface area contributed by atoms with Crippen molar-refractivity contribution in [2.45, 2.75) is 26.4 Å². The smallest absolute Gasteiger partial charge is 0.0785 e. The molecule has 0 radical (unpaired) electrons. The van der Waals surface area contributed by atoms with E-state index in [-0.39, 0.29) is 0 Å². The molecule has 1 unspecified atom stereocenters. The largest absolute Gasteiger partial charge is 0.398 e. The van der Waals surface area contributed by atoms with E-state index in [0.29, 0.717) is 11.4 Å². The van der Waals surface area contributed by atoms with Crippen molar-refractivity contribution >= 4 is 11.4 Å². The predicted molar refractivity (Wildman–Crippen MR) is 55.3 cm³/mol. The molecule has 1 rings (SSSR count). The van der Waals surface area contributed by atoms with Gasteiger partial charge >= 0.3 is 0 Å². The second kappa shape index (κ2) is 3.66. The molecule has 1 aromatic rings. The van der Waals surface area contributed by atoms with Crippen molar-refractivity contribution in [3.05, 3.63) is 23.3 Å². The third kappa shape index (κ3) is 1.75. The quantitative estimate of drug-likeness (QED) is 0.603. The molecule has 0 aliphatic heterocycles. The van der Waals surface area contributed by atoms with Crippen LogP contribution in [0, 0.1) is 0 Å². The molecular formula is C10H16N2O. The van der Waals surface area contributed by atoms with E-state index in [2.05, 4.69) is 0 Å². The Hall–Kier alpha value is -1.22. The van der Waals surface area contributed by atoms with E-state index in [4.69, 9.17) is 11.5 Å². The summed E-state index contributed by atoms with van der Waals surface area (Å²) in [6.07, 6.45) is 0.232. The van der Waals surface area contributed by atoms with Crippen LogP contribution < -0.4 is 11.5 Å². The Balaban J connectivity index is 3.35. The lowest BCUT2D eigenvalue weighted by Crippen LogP contribution is -2.06. The zero-order valence-electron chi connectivity index (χ0n) is 8.04. The highest BCUT2D eigenvalue weighted by Crippen LogP contribution is 2.29. The molecule has 72 valence electrons. The van der Waals surface area contributed by atoms with Crippen LogP contribution in [0.25, 0.3) is 0 Å². The van der Waals surface area contributed by atoms with Crippen molar-refractivity contribution in [1.29, 1.82) is 0 Å². The minimum Gasteiger partial charge on any atom is -0.398 e. The van der Waals surface area contributed by atoms with Gasteiger partial charge in [-0.15, -0.1) is 0 Å². The van der Waals surface area contributed by atoms with Gasteiger partial charge in [0.2, 0.25) is 0 Å². The first-order chi connectivity index (χ1) is 6.07. The van der Waals surface area contributed by atoms with Crippen molar-refractivity contribution in [2.75, 3.05) is 11.5 Å². The summed E-state index contributed by atoms with van der Waals surface area (Å²) in [6, 6.07) is 3.51. The average molecular weight is 180 g/mol. The molecule has 0 fully saturated rings. The summed E-state index contributed by atoms with van der Waals surface area (Å²) in [5.74, 6) is 0. The fourth-order valence-corrected chi connectivity index (χ4v) is 1.59. The molecule has 0 saturated heterocycles. The molecule has 1 aromatic carbocycles. The van der Waals surface area contributed by atoms with Gasteiger partial charge in [0.25, 0.3) is 0 Å². The third-order valence-electron chi connectivity index (χ3n) is 2.20. The molecule has 0 saturated carbocycles. The molecule has 0 heterocycles. The number of hydrogen-bond acceptors (Lipinski definition) is 3. The van der Waals surface area contributed by atoms with E-state index < -0.39 is 6.10 Å². The van der Waals surface area contributed by atoms with Gasteiger partial charge in [-0.1, -0.05) is 6.92 Å². The van der Waals surface area contributed by atoms with Crippen molar-refractivity contribution < 1.29 is 5.11 Å². The molecule has 0 bridgehead atoms. The van der Waals surface area contributed by atoms with E-state index in [1.54, 1.807) is 19.1 Å². The maximum absolute atomic E-state index is 9.51. The maximum Gasteiger partial charge on any atom is 0.0785 e. The lowest BCUT2D eigenvalue weighted by molar-refractivity contribution is 0.199. The van der Waals surface area contributed by atoms with Gasteiger partial charge in [0, 0.05) is 16.9 Å². The van der Waals surface area contributed by atoms with Crippen molar-refractivity contribution in [3.63, 3.8) is 0 Å². The monoisotopic (exact) mass is 180 g/mol. The van der Waals surface area contributed by atoms with E-state index in [1.807, 2.05) is 6.92 Å². The molecule has 3 nitrogen and oxygen atoms in total. The Morgan fingerprint density at radius 1 is 1.31 bits per heavy atom. The highest BCUT2D eigenvalue weighted by atomic mass is 16.3. The Morgan fingerprint density at radius 2 is 1.85 bits per heavy atom. The predicted octanol–water partition coefficient (Wildman–Crippen LogP) is 1.47. The van der Waals surface area contributed by atoms with Crippen LogP contribution >= 0.6 is 0 Å². The summed E-state index contributed by atoms with van der Waals surface area (Å²) in [7, 11) is 0. The van der Waals surface area contributed by atoms with Crippen LogP contribution in [0.15, 0.2) is 12.1 Å². The van der Waals surface area contributed by atoms with E-state index in [0.717, 1.165) is 17.5 Å². The van der Waals surface area contributed by atoms with Crippen LogP contribution in [0.5, 0.6) is 0 Å². The lowest BCUT2D eigenvalue weighted by atomic mass is 9.97. The first kappa shape index (κ1) is 9.86. The molecule has 0 amide bonds. The van der Waals surface area contributed by atoms with E-state index in [9.17, 15) is 5.11 Å². The molecule has 0 aliphatic carbocycles. The van der Waals surface area contributed by atoms with Gasteiger partial charge in [0.15, 0.2) is 0 Å². The van der Waals surface area contributed by atoms with Crippen molar-refractivity contribution in [1.82, 2.24) is 0 Å². The van der Waals surface area contributed by atoms with Crippen LogP contribution in [-0.2, 0) is 6.42 Å². The fourth-order valence-electron chi connectivity index (χ4n) is 1.59. The summed E-state index contributed by atoms with van der Waals surface area (Å²) in [4.78, 5) is 0. The van der Waals surface area contributed by atoms with Crippen LogP contribution in [0.2, 0.25) is 0 Å². The van der Waals surface area contributed by atoms with Crippen molar-refractivity contribution in [2.24, 2.45) is 0 Å². The van der Waals surface area contributed by atoms with Crippen LogP contribution in [0.4, 0.5) is 11.4 Å². The molecule has 0 aromatic heterocycles. The Kier molecular flexibility index (Phi) is 2.78. The van der Waals surface area contributed by atoms with Crippen LogP contribution in [0.3, 0.4) is 0 Å². The number of benzene rings is 1. The minimum absolute atomic E-state index is 0.557. The zero-order chi connectivity index (χ0) is 10.0. The topological polar surface area (TPSA) is 72.3 Å². The number of nitrogen functional groups attached to an aromatic ring is 2. The van der Waals surface area contributed by atoms with Crippen LogP contribution in [0.1, 0.15) is 31.1 Å². The summed E-state index contributed by atoms with van der Waals surface area (Å²) >= 11 is 0. The van der Waals surface area contributed by atoms with E-state index in [1.165, 1.54) is 0 Å². The zero-order valence-corrected chi connectivity index (χ0v) is 8.04. The van der Waals surface area contributed by atoms with Gasteiger partial charge in [0.1, 0.15) is 0 Å². The van der Waals surface area contributed by atoms with Gasteiger partial charge in [-0.2, -0.15) is 0 Å². The third-order valence-corrected chi connectivity index (χ3v) is 2.20. The molecule has 3 heteroatoms. The number of anilines is 2. The fraction of sp³-hybridized carbons (Fsp3) is 0.400. The first-order valence-corrected chi connectivity index (χ1v) is 4.42. The highest BCUT2D eigenvalue weighted by molar-refractivity contribution is 5.62. The standard InChI is InChI=1S/C10H16N2O/c1-3-7-8(11)4-5-9(12)10(7)6(2)13/h4-6,13H,3,11-12H2,1-2H3. The second-order valence-corrected chi connectivity index (χ2v) is 3.17. The summed E-state index contributed by atoms with van der Waals surface area (Å²) in [5, 5.41) is 9.51. The number of nitrogens with two attached hydrogens (primary N) is 2. The van der Waals surface area contributed by atoms with Gasteiger partial charge in [-0.05, 0) is 31.0 Å². The lowest BCUT2D eigenvalue weighted by Gasteiger charge is -2.15. The Morgan fingerprint density at radius 3 is 2.23 bits per heavy atom. The van der Waals surface area contributed by atoms with Crippen molar-refractivity contribution in [3.8, 4) is 0 Å². The Labute approximate surface area is 78.4 Å². The first-order valence-electron chi connectivity index (χ1n) is 4.42. The number of hydrogen-bond donors (Lipinski definition) is 3. The SMILES string of the molecule is CCc1c(N)ccc(N)c1C(C)O. The van der Waals surface area contributed by atoms with E-state index >= 15 is 0 Å². The minimum atomic E-state index is -0.557. The summed E-state index contributed by atoms with van der Waals surface area (Å²) in [6.45, 7) is 3.70. The van der Waals surface area contributed by atoms with Gasteiger partial charge in [0.05, 0.1) is 6.10 Å². The van der Waals surface area contributed by atoms with Gasteiger partial charge in [-0.3, -0.25) is 0 Å². The molecule has 0 aliphatic rings. The van der Waals surface area contributed by atoms with Gasteiger partial charge < -0.3 is 16.6 Å². The maximum atomic E-state index is 9.51. The second-order valence-electron chi connectivity index (χ2n) is 3.17. The molecular weight excluding hydrogens is 164 g/mol. The van der Waals surface area contributed by atoms with Gasteiger partial charge in [-0.25, -0.2) is 0 Å². The summed E-state index contributed by atoms with van der Waals surface area (Å²) in [5.41, 5.74) is 14.6. The number of aliphatic hydroxyl groups excluding tert-OH is 1. The highest BCUT2D eigenvalue weighted by Gasteiger charge is 2.12. The molecule has 13 heavy (non-hydrogen) atoms. The molecule has 1 atom stereocenters. The number of aliphatic hydroxyl groups is 1. The van der Waals surface area contributed by atoms with Crippen LogP contribution in [-0.4, -0.2) is 5.11 Å². The normalized spacial score (nSPS) is 12.8. The Bertz CT molecular complexity index is 308. The number of rotatable bonds is 2. The molecule has 0 spiro atoms. The summed E-state index contributed by atoms with van der Waals surface area (Å²) < 4.78 is 0.